The Morgan fingerprint density at radius 1 is 1.32 bits per heavy atom. The third-order valence-electron chi connectivity index (χ3n) is 6.35. The average Bonchev–Trinajstić information content (AvgIpc) is 3.52. The molecule has 0 aromatic carbocycles. The van der Waals surface area contributed by atoms with Crippen molar-refractivity contribution in [2.45, 2.75) is 37.8 Å². The zero-order valence-electron chi connectivity index (χ0n) is 17.0. The molecule has 9 heteroatoms. The Morgan fingerprint density at radius 3 is 2.68 bits per heavy atom. The number of aryl methyl sites for hydroxylation is 1. The number of hydrogen-bond acceptors (Lipinski definition) is 6. The summed E-state index contributed by atoms with van der Waals surface area (Å²) in [5, 5.41) is 9.48. The second-order valence-corrected chi connectivity index (χ2v) is 8.45. The number of pyridine rings is 3. The zero-order valence-corrected chi connectivity index (χ0v) is 17.0. The van der Waals surface area contributed by atoms with E-state index in [1.54, 1.807) is 21.9 Å². The van der Waals surface area contributed by atoms with E-state index in [4.69, 9.17) is 5.73 Å². The molecule has 2 fully saturated rings. The molecule has 3 aromatic heterocycles. The number of carbonyl (C=O) groups is 1. The molecule has 1 saturated carbocycles. The minimum atomic E-state index is -1.32. The molecule has 0 radical (unpaired) electrons. The lowest BCUT2D eigenvalue weighted by Crippen LogP contribution is -2.40. The number of carboxylic acids is 1. The van der Waals surface area contributed by atoms with Gasteiger partial charge in [0.1, 0.15) is 11.2 Å². The predicted molar refractivity (Wildman–Crippen MR) is 113 cm³/mol. The Hall–Kier alpha value is -3.33. The maximum Gasteiger partial charge on any atom is 0.341 e. The molecule has 0 amide bonds. The molecule has 2 aliphatic rings. The minimum Gasteiger partial charge on any atom is -0.477 e. The van der Waals surface area contributed by atoms with E-state index in [1.807, 2.05) is 12.1 Å². The highest BCUT2D eigenvalue weighted by Crippen LogP contribution is 2.39. The lowest BCUT2D eigenvalue weighted by Gasteiger charge is -2.26. The molecule has 4 heterocycles. The standard InChI is InChI=1S/C22H22FN5O3/c1-12-16-18(29)15(21(30)31)10-28(14-2-3-14)19(16)26-20(17(12)23)27-9-6-22(24,11-27)13-4-7-25-8-5-13/h4-5,7-8,10,14H,2-3,6,9,11,24H2,1H3,(H,30,31). The van der Waals surface area contributed by atoms with E-state index in [1.165, 1.54) is 13.1 Å². The van der Waals surface area contributed by atoms with Gasteiger partial charge in [0, 0.05) is 43.3 Å². The van der Waals surface area contributed by atoms with Crippen LogP contribution in [0.25, 0.3) is 11.0 Å². The van der Waals surface area contributed by atoms with Crippen molar-refractivity contribution < 1.29 is 14.3 Å². The molecular weight excluding hydrogens is 401 g/mol. The van der Waals surface area contributed by atoms with E-state index < -0.39 is 22.8 Å². The third-order valence-corrected chi connectivity index (χ3v) is 6.35. The summed E-state index contributed by atoms with van der Waals surface area (Å²) in [6, 6.07) is 3.78. The number of rotatable bonds is 4. The molecular formula is C22H22FN5O3. The first-order chi connectivity index (χ1) is 14.8. The molecule has 5 rings (SSSR count). The van der Waals surface area contributed by atoms with Crippen LogP contribution in [0.3, 0.4) is 0 Å². The fourth-order valence-corrected chi connectivity index (χ4v) is 4.43. The highest BCUT2D eigenvalue weighted by molar-refractivity contribution is 5.93. The van der Waals surface area contributed by atoms with E-state index in [0.717, 1.165) is 18.4 Å². The van der Waals surface area contributed by atoms with Gasteiger partial charge in [0.2, 0.25) is 5.43 Å². The van der Waals surface area contributed by atoms with E-state index in [2.05, 4.69) is 9.97 Å². The normalized spacial score (nSPS) is 21.1. The maximum absolute atomic E-state index is 15.4. The van der Waals surface area contributed by atoms with Crippen molar-refractivity contribution >= 4 is 22.8 Å². The van der Waals surface area contributed by atoms with Gasteiger partial charge < -0.3 is 20.3 Å². The second kappa shape index (κ2) is 6.84. The number of anilines is 1. The molecule has 1 unspecified atom stereocenters. The van der Waals surface area contributed by atoms with Gasteiger partial charge in [-0.3, -0.25) is 9.78 Å². The Bertz CT molecular complexity index is 1270. The zero-order chi connectivity index (χ0) is 21.9. The van der Waals surface area contributed by atoms with Gasteiger partial charge >= 0.3 is 5.97 Å². The SMILES string of the molecule is Cc1c(F)c(N2CCC(N)(c3ccncc3)C2)nc2c1c(=O)c(C(=O)O)cn2C1CC1. The summed E-state index contributed by atoms with van der Waals surface area (Å²) in [6.07, 6.45) is 7.04. The van der Waals surface area contributed by atoms with Crippen molar-refractivity contribution in [1.29, 1.82) is 0 Å². The monoisotopic (exact) mass is 423 g/mol. The van der Waals surface area contributed by atoms with Crippen LogP contribution in [0, 0.1) is 12.7 Å². The fraction of sp³-hybridized carbons (Fsp3) is 0.364. The predicted octanol–water partition coefficient (Wildman–Crippen LogP) is 2.34. The van der Waals surface area contributed by atoms with Gasteiger partial charge in [-0.2, -0.15) is 0 Å². The summed E-state index contributed by atoms with van der Waals surface area (Å²) in [5.74, 6) is -1.80. The molecule has 3 aromatic rings. The summed E-state index contributed by atoms with van der Waals surface area (Å²) in [5.41, 5.74) is 6.26. The number of nitrogens with zero attached hydrogens (tertiary/aromatic N) is 4. The third kappa shape index (κ3) is 3.07. The number of fused-ring (bicyclic) bond motifs is 1. The lowest BCUT2D eigenvalue weighted by atomic mass is 9.91. The van der Waals surface area contributed by atoms with Crippen LogP contribution in [-0.2, 0) is 5.54 Å². The van der Waals surface area contributed by atoms with Crippen molar-refractivity contribution in [3.8, 4) is 0 Å². The van der Waals surface area contributed by atoms with Crippen LogP contribution in [0.4, 0.5) is 10.2 Å². The Balaban J connectivity index is 1.65. The number of halogens is 1. The fourth-order valence-electron chi connectivity index (χ4n) is 4.43. The molecule has 3 N–H and O–H groups in total. The summed E-state index contributed by atoms with van der Waals surface area (Å²) >= 11 is 0. The average molecular weight is 423 g/mol. The van der Waals surface area contributed by atoms with Crippen LogP contribution in [0.15, 0.2) is 35.5 Å². The van der Waals surface area contributed by atoms with Gasteiger partial charge in [0.15, 0.2) is 11.6 Å². The van der Waals surface area contributed by atoms with Crippen LogP contribution < -0.4 is 16.1 Å². The van der Waals surface area contributed by atoms with Gasteiger partial charge in [-0.05, 0) is 43.9 Å². The van der Waals surface area contributed by atoms with Gasteiger partial charge in [-0.15, -0.1) is 0 Å². The highest BCUT2D eigenvalue weighted by Gasteiger charge is 2.38. The van der Waals surface area contributed by atoms with Gasteiger partial charge in [-0.1, -0.05) is 0 Å². The van der Waals surface area contributed by atoms with E-state index in [9.17, 15) is 14.7 Å². The second-order valence-electron chi connectivity index (χ2n) is 8.45. The van der Waals surface area contributed by atoms with E-state index in [0.29, 0.717) is 25.2 Å². The van der Waals surface area contributed by atoms with Crippen LogP contribution in [-0.4, -0.2) is 38.7 Å². The van der Waals surface area contributed by atoms with Gasteiger partial charge in [0.05, 0.1) is 10.9 Å². The van der Waals surface area contributed by atoms with Gasteiger partial charge in [-0.25, -0.2) is 14.2 Å². The molecule has 1 atom stereocenters. The van der Waals surface area contributed by atoms with Crippen molar-refractivity contribution in [2.75, 3.05) is 18.0 Å². The van der Waals surface area contributed by atoms with E-state index in [-0.39, 0.29) is 28.4 Å². The highest BCUT2D eigenvalue weighted by atomic mass is 19.1. The number of aromatic nitrogens is 3. The smallest absolute Gasteiger partial charge is 0.341 e. The quantitative estimate of drug-likeness (QED) is 0.662. The first-order valence-corrected chi connectivity index (χ1v) is 10.2. The summed E-state index contributed by atoms with van der Waals surface area (Å²) < 4.78 is 17.2. The van der Waals surface area contributed by atoms with Crippen molar-refractivity contribution in [2.24, 2.45) is 5.73 Å². The van der Waals surface area contributed by atoms with Crippen molar-refractivity contribution in [1.82, 2.24) is 14.5 Å². The Morgan fingerprint density at radius 2 is 2.03 bits per heavy atom. The molecule has 1 aliphatic heterocycles. The van der Waals surface area contributed by atoms with E-state index >= 15 is 4.39 Å². The molecule has 160 valence electrons. The number of nitrogens with two attached hydrogens (primary N) is 1. The maximum atomic E-state index is 15.4. The molecule has 1 saturated heterocycles. The molecule has 0 bridgehead atoms. The van der Waals surface area contributed by atoms with Crippen LogP contribution >= 0.6 is 0 Å². The molecule has 1 aliphatic carbocycles. The molecule has 8 nitrogen and oxygen atoms in total. The number of aromatic carboxylic acids is 1. The summed E-state index contributed by atoms with van der Waals surface area (Å²) in [7, 11) is 0. The van der Waals surface area contributed by atoms with Crippen LogP contribution in [0.2, 0.25) is 0 Å². The van der Waals surface area contributed by atoms with Crippen LogP contribution in [0.5, 0.6) is 0 Å². The molecule has 0 spiro atoms. The van der Waals surface area contributed by atoms with Gasteiger partial charge in [0.25, 0.3) is 0 Å². The topological polar surface area (TPSA) is 114 Å². The Kier molecular flexibility index (Phi) is 4.33. The number of carboxylic acid groups (broad SMARTS) is 1. The van der Waals surface area contributed by atoms with Crippen molar-refractivity contribution in [3.63, 3.8) is 0 Å². The largest absolute Gasteiger partial charge is 0.477 e. The van der Waals surface area contributed by atoms with Crippen molar-refractivity contribution in [3.05, 3.63) is 63.5 Å². The summed E-state index contributed by atoms with van der Waals surface area (Å²) in [6.45, 7) is 2.38. The molecule has 31 heavy (non-hydrogen) atoms. The first kappa shape index (κ1) is 19.6. The minimum absolute atomic E-state index is 0.0281. The Labute approximate surface area is 177 Å². The first-order valence-electron chi connectivity index (χ1n) is 10.2. The van der Waals surface area contributed by atoms with Crippen LogP contribution in [0.1, 0.15) is 46.8 Å². The lowest BCUT2D eigenvalue weighted by molar-refractivity contribution is 0.0695. The number of hydrogen-bond donors (Lipinski definition) is 2. The summed E-state index contributed by atoms with van der Waals surface area (Å²) in [4.78, 5) is 34.8.